The highest BCUT2D eigenvalue weighted by Gasteiger charge is 2.23. The van der Waals surface area contributed by atoms with E-state index in [1.807, 2.05) is 0 Å². The molecule has 0 aromatic heterocycles. The normalized spacial score (nSPS) is 14.5. The Morgan fingerprint density at radius 2 is 1.85 bits per heavy atom. The molecule has 0 aliphatic rings. The fraction of sp³-hybridized carbons (Fsp3) is 0.600. The highest BCUT2D eigenvalue weighted by molar-refractivity contribution is 5.20. The number of ether oxygens (including phenoxy) is 2. The summed E-state index contributed by atoms with van der Waals surface area (Å²) < 4.78 is 23.5. The third-order valence-corrected chi connectivity index (χ3v) is 3.41. The molecule has 20 heavy (non-hydrogen) atoms. The van der Waals surface area contributed by atoms with Gasteiger partial charge in [-0.1, -0.05) is 12.1 Å². The Morgan fingerprint density at radius 3 is 2.35 bits per heavy atom. The average Bonchev–Trinajstić information content (AvgIpc) is 2.45. The van der Waals surface area contributed by atoms with E-state index < -0.39 is 0 Å². The molecule has 0 heterocycles. The highest BCUT2D eigenvalue weighted by atomic mass is 19.1. The molecule has 0 radical (unpaired) electrons. The topological polar surface area (TPSA) is 47.7 Å². The Kier molecular flexibility index (Phi) is 7.69. The van der Waals surface area contributed by atoms with E-state index in [0.717, 1.165) is 12.1 Å². The molecule has 2 atom stereocenters. The van der Waals surface area contributed by atoms with Crippen molar-refractivity contribution < 1.29 is 13.9 Å². The van der Waals surface area contributed by atoms with Crippen LogP contribution in [0.4, 0.5) is 4.39 Å². The van der Waals surface area contributed by atoms with Crippen molar-refractivity contribution in [3.63, 3.8) is 0 Å². The van der Waals surface area contributed by atoms with Crippen molar-refractivity contribution in [2.24, 2.45) is 5.73 Å². The van der Waals surface area contributed by atoms with Crippen molar-refractivity contribution in [2.75, 3.05) is 40.5 Å². The number of rotatable bonds is 9. The van der Waals surface area contributed by atoms with Gasteiger partial charge in [0.2, 0.25) is 0 Å². The summed E-state index contributed by atoms with van der Waals surface area (Å²) in [4.78, 5) is 2.24. The standard InChI is InChI=1S/C15H25FN2O2/c1-12(11-20-3)18(8-9-19-2)15(10-17)13-4-6-14(16)7-5-13/h4-7,12,15H,8-11,17H2,1-3H3. The maximum Gasteiger partial charge on any atom is 0.123 e. The van der Waals surface area contributed by atoms with Crippen LogP contribution in [0.3, 0.4) is 0 Å². The summed E-state index contributed by atoms with van der Waals surface area (Å²) in [7, 11) is 3.36. The predicted octanol–water partition coefficient (Wildman–Crippen LogP) is 1.81. The third kappa shape index (κ3) is 4.83. The first kappa shape index (κ1) is 17.0. The van der Waals surface area contributed by atoms with Gasteiger partial charge in [0.15, 0.2) is 0 Å². The summed E-state index contributed by atoms with van der Waals surface area (Å²) >= 11 is 0. The van der Waals surface area contributed by atoms with Gasteiger partial charge in [-0.3, -0.25) is 4.90 Å². The lowest BCUT2D eigenvalue weighted by Crippen LogP contribution is -2.43. The van der Waals surface area contributed by atoms with Gasteiger partial charge in [0.1, 0.15) is 5.82 Å². The lowest BCUT2D eigenvalue weighted by molar-refractivity contribution is 0.0486. The molecule has 5 heteroatoms. The molecule has 2 N–H and O–H groups in total. The molecule has 0 amide bonds. The van der Waals surface area contributed by atoms with Crippen molar-refractivity contribution in [3.05, 3.63) is 35.6 Å². The van der Waals surface area contributed by atoms with Crippen molar-refractivity contribution >= 4 is 0 Å². The first-order chi connectivity index (χ1) is 9.63. The molecule has 114 valence electrons. The van der Waals surface area contributed by atoms with Gasteiger partial charge in [0, 0.05) is 39.4 Å². The van der Waals surface area contributed by atoms with Crippen molar-refractivity contribution in [1.82, 2.24) is 4.90 Å². The Labute approximate surface area is 120 Å². The monoisotopic (exact) mass is 284 g/mol. The van der Waals surface area contributed by atoms with Crippen LogP contribution in [0, 0.1) is 5.82 Å². The Hall–Kier alpha value is -1.01. The molecule has 0 spiro atoms. The van der Waals surface area contributed by atoms with Crippen LogP contribution in [0.5, 0.6) is 0 Å². The number of benzene rings is 1. The van der Waals surface area contributed by atoms with Crippen molar-refractivity contribution in [1.29, 1.82) is 0 Å². The average molecular weight is 284 g/mol. The zero-order valence-electron chi connectivity index (χ0n) is 12.5. The Morgan fingerprint density at radius 1 is 1.20 bits per heavy atom. The van der Waals surface area contributed by atoms with Gasteiger partial charge in [-0.15, -0.1) is 0 Å². The van der Waals surface area contributed by atoms with Gasteiger partial charge < -0.3 is 15.2 Å². The smallest absolute Gasteiger partial charge is 0.123 e. The number of halogens is 1. The second-order valence-corrected chi connectivity index (χ2v) is 4.84. The highest BCUT2D eigenvalue weighted by Crippen LogP contribution is 2.22. The third-order valence-electron chi connectivity index (χ3n) is 3.41. The zero-order valence-corrected chi connectivity index (χ0v) is 12.5. The van der Waals surface area contributed by atoms with Crippen LogP contribution in [0.25, 0.3) is 0 Å². The Balaban J connectivity index is 2.91. The minimum Gasteiger partial charge on any atom is -0.383 e. The van der Waals surface area contributed by atoms with Crippen LogP contribution in [0.1, 0.15) is 18.5 Å². The molecule has 0 fully saturated rings. The minimum absolute atomic E-state index is 0.0240. The summed E-state index contributed by atoms with van der Waals surface area (Å²) in [5.41, 5.74) is 6.94. The first-order valence-electron chi connectivity index (χ1n) is 6.83. The molecule has 1 aromatic rings. The summed E-state index contributed by atoms with van der Waals surface area (Å²) in [5.74, 6) is -0.238. The zero-order chi connectivity index (χ0) is 15.0. The Bertz CT molecular complexity index is 373. The van der Waals surface area contributed by atoms with Crippen LogP contribution in [-0.2, 0) is 9.47 Å². The van der Waals surface area contributed by atoms with Crippen LogP contribution in [0.15, 0.2) is 24.3 Å². The van der Waals surface area contributed by atoms with Gasteiger partial charge in [-0.05, 0) is 24.6 Å². The van der Waals surface area contributed by atoms with Gasteiger partial charge in [-0.2, -0.15) is 0 Å². The van der Waals surface area contributed by atoms with E-state index in [1.54, 1.807) is 26.4 Å². The largest absolute Gasteiger partial charge is 0.383 e. The van der Waals surface area contributed by atoms with E-state index in [1.165, 1.54) is 12.1 Å². The van der Waals surface area contributed by atoms with Gasteiger partial charge in [-0.25, -0.2) is 4.39 Å². The lowest BCUT2D eigenvalue weighted by Gasteiger charge is -2.35. The number of hydrogen-bond acceptors (Lipinski definition) is 4. The molecule has 0 aliphatic heterocycles. The molecule has 4 nitrogen and oxygen atoms in total. The molecular weight excluding hydrogens is 259 g/mol. The predicted molar refractivity (Wildman–Crippen MR) is 78.1 cm³/mol. The van der Waals surface area contributed by atoms with E-state index in [2.05, 4.69) is 11.8 Å². The number of nitrogens with two attached hydrogens (primary N) is 1. The van der Waals surface area contributed by atoms with Crippen LogP contribution in [-0.4, -0.2) is 51.5 Å². The maximum absolute atomic E-state index is 13.1. The molecule has 1 aromatic carbocycles. The van der Waals surface area contributed by atoms with Gasteiger partial charge >= 0.3 is 0 Å². The fourth-order valence-corrected chi connectivity index (χ4v) is 2.36. The lowest BCUT2D eigenvalue weighted by atomic mass is 10.0. The van der Waals surface area contributed by atoms with Crippen LogP contribution >= 0.6 is 0 Å². The van der Waals surface area contributed by atoms with Crippen molar-refractivity contribution in [3.8, 4) is 0 Å². The van der Waals surface area contributed by atoms with E-state index in [4.69, 9.17) is 15.2 Å². The summed E-state index contributed by atoms with van der Waals surface area (Å²) in [5, 5.41) is 0. The van der Waals surface area contributed by atoms with E-state index >= 15 is 0 Å². The summed E-state index contributed by atoms with van der Waals surface area (Å²) in [6, 6.07) is 6.73. The second-order valence-electron chi connectivity index (χ2n) is 4.84. The number of methoxy groups -OCH3 is 2. The summed E-state index contributed by atoms with van der Waals surface area (Å²) in [6.45, 7) is 4.53. The second kappa shape index (κ2) is 9.02. The molecule has 0 saturated heterocycles. The molecule has 2 unspecified atom stereocenters. The first-order valence-corrected chi connectivity index (χ1v) is 6.83. The maximum atomic E-state index is 13.1. The molecular formula is C15H25FN2O2. The number of hydrogen-bond donors (Lipinski definition) is 1. The van der Waals surface area contributed by atoms with E-state index in [0.29, 0.717) is 19.8 Å². The molecule has 0 saturated carbocycles. The van der Waals surface area contributed by atoms with Gasteiger partial charge in [0.25, 0.3) is 0 Å². The number of nitrogens with zero attached hydrogens (tertiary/aromatic N) is 1. The van der Waals surface area contributed by atoms with Crippen molar-refractivity contribution in [2.45, 2.75) is 19.0 Å². The quantitative estimate of drug-likeness (QED) is 0.751. The van der Waals surface area contributed by atoms with Crippen LogP contribution < -0.4 is 5.73 Å². The molecule has 0 aliphatic carbocycles. The van der Waals surface area contributed by atoms with E-state index in [9.17, 15) is 4.39 Å². The summed E-state index contributed by atoms with van der Waals surface area (Å²) in [6.07, 6.45) is 0. The van der Waals surface area contributed by atoms with Gasteiger partial charge in [0.05, 0.1) is 13.2 Å². The minimum atomic E-state index is -0.238. The van der Waals surface area contributed by atoms with Crippen LogP contribution in [0.2, 0.25) is 0 Å². The molecule has 0 bridgehead atoms. The van der Waals surface area contributed by atoms with E-state index in [-0.39, 0.29) is 17.9 Å². The molecule has 1 rings (SSSR count). The SMILES string of the molecule is COCCN(C(C)COC)C(CN)c1ccc(F)cc1. The fourth-order valence-electron chi connectivity index (χ4n) is 2.36.